The minimum atomic E-state index is 0.347. The third-order valence-corrected chi connectivity index (χ3v) is 3.90. The number of allylic oxidation sites excluding steroid dienone is 4. The summed E-state index contributed by atoms with van der Waals surface area (Å²) in [5, 5.41) is 0. The smallest absolute Gasteiger partial charge is 0.222 e. The molecular formula is C20H31NO. The van der Waals surface area contributed by atoms with Crippen LogP contribution in [-0.4, -0.2) is 23.9 Å². The summed E-state index contributed by atoms with van der Waals surface area (Å²) in [5.41, 5.74) is 0. The molecule has 2 nitrogen and oxygen atoms in total. The van der Waals surface area contributed by atoms with E-state index in [1.165, 1.54) is 32.1 Å². The summed E-state index contributed by atoms with van der Waals surface area (Å²) in [4.78, 5) is 13.8. The number of carbonyl (C=O) groups is 1. The Bertz CT molecular complexity index is 405. The van der Waals surface area contributed by atoms with E-state index in [9.17, 15) is 4.79 Å². The van der Waals surface area contributed by atoms with Gasteiger partial charge < -0.3 is 4.90 Å². The molecule has 0 N–H and O–H groups in total. The minimum Gasteiger partial charge on any atom is -0.343 e. The summed E-state index contributed by atoms with van der Waals surface area (Å²) in [6.07, 6.45) is 19.1. The molecule has 1 aliphatic rings. The van der Waals surface area contributed by atoms with E-state index >= 15 is 0 Å². The van der Waals surface area contributed by atoms with Crippen molar-refractivity contribution >= 4 is 5.91 Å². The molecule has 1 saturated heterocycles. The molecule has 0 aliphatic carbocycles. The average Bonchev–Trinajstić information content (AvgIpc) is 3.06. The first-order valence-corrected chi connectivity index (χ1v) is 8.92. The first kappa shape index (κ1) is 18.6. The van der Waals surface area contributed by atoms with Crippen LogP contribution in [-0.2, 0) is 4.79 Å². The third kappa shape index (κ3) is 9.45. The van der Waals surface area contributed by atoms with Crippen LogP contribution >= 0.6 is 0 Å². The fourth-order valence-electron chi connectivity index (χ4n) is 2.54. The molecule has 1 rings (SSSR count). The maximum absolute atomic E-state index is 11.8. The van der Waals surface area contributed by atoms with Gasteiger partial charge in [0.15, 0.2) is 0 Å². The SMILES string of the molecule is CCCCCC#CC=CC=CCCCCC(=O)N1CCCC1. The van der Waals surface area contributed by atoms with Crippen LogP contribution in [0.3, 0.4) is 0 Å². The Labute approximate surface area is 136 Å². The zero-order valence-corrected chi connectivity index (χ0v) is 14.2. The van der Waals surface area contributed by atoms with Crippen molar-refractivity contribution in [1.29, 1.82) is 0 Å². The molecule has 0 spiro atoms. The lowest BCUT2D eigenvalue weighted by Crippen LogP contribution is -2.27. The van der Waals surface area contributed by atoms with Gasteiger partial charge in [-0.3, -0.25) is 4.79 Å². The molecule has 1 amide bonds. The van der Waals surface area contributed by atoms with Gasteiger partial charge in [0.2, 0.25) is 5.91 Å². The van der Waals surface area contributed by atoms with Gasteiger partial charge in [-0.25, -0.2) is 0 Å². The van der Waals surface area contributed by atoms with Crippen LogP contribution in [0.4, 0.5) is 0 Å². The van der Waals surface area contributed by atoms with Crippen LogP contribution in [0.2, 0.25) is 0 Å². The molecule has 0 saturated carbocycles. The lowest BCUT2D eigenvalue weighted by atomic mass is 10.1. The minimum absolute atomic E-state index is 0.347. The van der Waals surface area contributed by atoms with Crippen molar-refractivity contribution in [3.63, 3.8) is 0 Å². The Morgan fingerprint density at radius 3 is 2.68 bits per heavy atom. The van der Waals surface area contributed by atoms with Gasteiger partial charge in [-0.15, -0.1) is 0 Å². The molecule has 0 radical (unpaired) electrons. The summed E-state index contributed by atoms with van der Waals surface area (Å²) in [6, 6.07) is 0. The Morgan fingerprint density at radius 2 is 1.91 bits per heavy atom. The highest BCUT2D eigenvalue weighted by Gasteiger charge is 2.16. The van der Waals surface area contributed by atoms with Crippen LogP contribution in [0.1, 0.15) is 71.1 Å². The van der Waals surface area contributed by atoms with E-state index < -0.39 is 0 Å². The van der Waals surface area contributed by atoms with Crippen LogP contribution in [0.5, 0.6) is 0 Å². The summed E-state index contributed by atoms with van der Waals surface area (Å²) >= 11 is 0. The molecule has 0 atom stereocenters. The molecule has 0 aromatic carbocycles. The van der Waals surface area contributed by atoms with Crippen molar-refractivity contribution in [2.75, 3.05) is 13.1 Å². The van der Waals surface area contributed by atoms with Gasteiger partial charge in [-0.05, 0) is 44.6 Å². The van der Waals surface area contributed by atoms with Gasteiger partial charge in [0.25, 0.3) is 0 Å². The first-order valence-electron chi connectivity index (χ1n) is 8.92. The number of hydrogen-bond acceptors (Lipinski definition) is 1. The van der Waals surface area contributed by atoms with E-state index in [2.05, 4.69) is 30.9 Å². The number of nitrogens with zero attached hydrogens (tertiary/aromatic N) is 1. The molecule has 122 valence electrons. The Balaban J connectivity index is 1.96. The van der Waals surface area contributed by atoms with E-state index in [1.807, 2.05) is 17.1 Å². The molecule has 0 unspecified atom stereocenters. The van der Waals surface area contributed by atoms with Crippen molar-refractivity contribution in [3.8, 4) is 11.8 Å². The lowest BCUT2D eigenvalue weighted by Gasteiger charge is -2.14. The molecule has 0 aromatic heterocycles. The number of hydrogen-bond donors (Lipinski definition) is 0. The second-order valence-electron chi connectivity index (χ2n) is 5.90. The molecule has 1 heterocycles. The number of carbonyl (C=O) groups excluding carboxylic acids is 1. The summed E-state index contributed by atoms with van der Waals surface area (Å²) in [5.74, 6) is 6.57. The van der Waals surface area contributed by atoms with E-state index in [0.717, 1.165) is 38.8 Å². The Morgan fingerprint density at radius 1 is 1.09 bits per heavy atom. The van der Waals surface area contributed by atoms with Gasteiger partial charge in [0, 0.05) is 25.9 Å². The number of rotatable bonds is 9. The van der Waals surface area contributed by atoms with Gasteiger partial charge >= 0.3 is 0 Å². The van der Waals surface area contributed by atoms with Crippen LogP contribution < -0.4 is 0 Å². The molecule has 0 aromatic rings. The fraction of sp³-hybridized carbons (Fsp3) is 0.650. The molecule has 2 heteroatoms. The highest BCUT2D eigenvalue weighted by atomic mass is 16.2. The zero-order valence-electron chi connectivity index (χ0n) is 14.2. The largest absolute Gasteiger partial charge is 0.343 e. The average molecular weight is 301 g/mol. The van der Waals surface area contributed by atoms with Crippen molar-refractivity contribution in [2.24, 2.45) is 0 Å². The Kier molecular flexibility index (Phi) is 11.1. The van der Waals surface area contributed by atoms with E-state index in [-0.39, 0.29) is 0 Å². The van der Waals surface area contributed by atoms with Crippen molar-refractivity contribution in [2.45, 2.75) is 71.1 Å². The first-order chi connectivity index (χ1) is 10.8. The van der Waals surface area contributed by atoms with E-state index in [0.29, 0.717) is 12.3 Å². The van der Waals surface area contributed by atoms with Crippen molar-refractivity contribution in [3.05, 3.63) is 24.3 Å². The summed E-state index contributed by atoms with van der Waals surface area (Å²) < 4.78 is 0. The Hall–Kier alpha value is -1.49. The second-order valence-corrected chi connectivity index (χ2v) is 5.90. The molecule has 0 bridgehead atoms. The monoisotopic (exact) mass is 301 g/mol. The topological polar surface area (TPSA) is 20.3 Å². The second kappa shape index (κ2) is 13.2. The number of amides is 1. The lowest BCUT2D eigenvalue weighted by molar-refractivity contribution is -0.130. The highest BCUT2D eigenvalue weighted by molar-refractivity contribution is 5.76. The molecule has 1 aliphatic heterocycles. The van der Waals surface area contributed by atoms with Crippen LogP contribution in [0.15, 0.2) is 24.3 Å². The highest BCUT2D eigenvalue weighted by Crippen LogP contribution is 2.11. The summed E-state index contributed by atoms with van der Waals surface area (Å²) in [7, 11) is 0. The van der Waals surface area contributed by atoms with E-state index in [4.69, 9.17) is 0 Å². The maximum Gasteiger partial charge on any atom is 0.222 e. The normalized spacial score (nSPS) is 14.7. The van der Waals surface area contributed by atoms with Crippen LogP contribution in [0, 0.1) is 11.8 Å². The number of unbranched alkanes of at least 4 members (excludes halogenated alkanes) is 5. The maximum atomic E-state index is 11.8. The van der Waals surface area contributed by atoms with Gasteiger partial charge in [0.05, 0.1) is 0 Å². The fourth-order valence-corrected chi connectivity index (χ4v) is 2.54. The zero-order chi connectivity index (χ0) is 15.9. The molecular weight excluding hydrogens is 270 g/mol. The third-order valence-electron chi connectivity index (χ3n) is 3.90. The van der Waals surface area contributed by atoms with Crippen molar-refractivity contribution in [1.82, 2.24) is 4.90 Å². The standard InChI is InChI=1S/C20H31NO/c1-2-3-4-5-6-7-8-9-10-11-12-13-14-17-20(22)21-18-15-16-19-21/h8-11H,2-5,12-19H2,1H3. The van der Waals surface area contributed by atoms with E-state index in [1.54, 1.807) is 0 Å². The number of likely N-dealkylation sites (tertiary alicyclic amines) is 1. The molecule has 1 fully saturated rings. The van der Waals surface area contributed by atoms with Gasteiger partial charge in [0.1, 0.15) is 0 Å². The van der Waals surface area contributed by atoms with Crippen molar-refractivity contribution < 1.29 is 4.79 Å². The predicted octanol–water partition coefficient (Wildman–Crippen LogP) is 4.87. The van der Waals surface area contributed by atoms with Gasteiger partial charge in [-0.2, -0.15) is 0 Å². The molecule has 22 heavy (non-hydrogen) atoms. The summed E-state index contributed by atoms with van der Waals surface area (Å²) in [6.45, 7) is 4.16. The predicted molar refractivity (Wildman–Crippen MR) is 94.5 cm³/mol. The quantitative estimate of drug-likeness (QED) is 0.338. The van der Waals surface area contributed by atoms with Crippen LogP contribution in [0.25, 0.3) is 0 Å². The van der Waals surface area contributed by atoms with Gasteiger partial charge in [-0.1, -0.05) is 49.8 Å².